The molecule has 1 aromatic carbocycles. The van der Waals surface area contributed by atoms with Gasteiger partial charge in [0.2, 0.25) is 0 Å². The van der Waals surface area contributed by atoms with Gasteiger partial charge >= 0.3 is 0 Å². The van der Waals surface area contributed by atoms with E-state index in [1.54, 1.807) is 13.1 Å². The van der Waals surface area contributed by atoms with Gasteiger partial charge in [0, 0.05) is 22.3 Å². The van der Waals surface area contributed by atoms with E-state index in [-0.39, 0.29) is 0 Å². The summed E-state index contributed by atoms with van der Waals surface area (Å²) in [6.07, 6.45) is 2.96. The molecule has 3 nitrogen and oxygen atoms in total. The number of hydrogen-bond donors (Lipinski definition) is 0. The van der Waals surface area contributed by atoms with E-state index in [4.69, 9.17) is 0 Å². The highest BCUT2D eigenvalue weighted by molar-refractivity contribution is 9.10. The number of aromatic nitrogens is 1. The van der Waals surface area contributed by atoms with Gasteiger partial charge in [0.05, 0.1) is 10.8 Å². The van der Waals surface area contributed by atoms with E-state index in [9.17, 15) is 8.42 Å². The fraction of sp³-hybridized carbons (Fsp3) is 0.250. The third-order valence-electron chi connectivity index (χ3n) is 2.79. The van der Waals surface area contributed by atoms with Crippen LogP contribution >= 0.6 is 15.9 Å². The monoisotopic (exact) mass is 313 g/mol. The molecule has 1 atom stereocenters. The number of sulfone groups is 1. The second kappa shape index (κ2) is 4.38. The molecule has 1 aromatic heterocycles. The van der Waals surface area contributed by atoms with Crippen molar-refractivity contribution in [1.82, 2.24) is 4.98 Å². The number of fused-ring (bicyclic) bond motifs is 1. The standard InChI is InChI=1S/C12H12BrNO2S/c1-8(17(2,15)16)10-6-9-4-3-5-14-12(9)11(13)7-10/h3-8H,1-2H3/t8-/m1/s1. The first-order valence-electron chi connectivity index (χ1n) is 5.12. The molecule has 0 saturated heterocycles. The number of pyridine rings is 1. The Morgan fingerprint density at radius 1 is 1.35 bits per heavy atom. The van der Waals surface area contributed by atoms with Crippen molar-refractivity contribution in [3.8, 4) is 0 Å². The van der Waals surface area contributed by atoms with Crippen LogP contribution in [0.4, 0.5) is 0 Å². The fourth-order valence-corrected chi connectivity index (χ4v) is 2.88. The average Bonchev–Trinajstić information content (AvgIpc) is 2.27. The van der Waals surface area contributed by atoms with E-state index in [2.05, 4.69) is 20.9 Å². The van der Waals surface area contributed by atoms with Gasteiger partial charge < -0.3 is 0 Å². The molecule has 0 aliphatic carbocycles. The minimum atomic E-state index is -3.08. The molecule has 0 radical (unpaired) electrons. The maximum atomic E-state index is 11.5. The Morgan fingerprint density at radius 2 is 2.06 bits per heavy atom. The van der Waals surface area contributed by atoms with Gasteiger partial charge in [0.15, 0.2) is 9.84 Å². The Labute approximate surface area is 109 Å². The summed E-state index contributed by atoms with van der Waals surface area (Å²) in [5.41, 5.74) is 1.62. The lowest BCUT2D eigenvalue weighted by atomic mass is 10.1. The molecule has 0 saturated carbocycles. The third kappa shape index (κ3) is 2.50. The van der Waals surface area contributed by atoms with Crippen molar-refractivity contribution in [3.63, 3.8) is 0 Å². The van der Waals surface area contributed by atoms with Crippen LogP contribution in [0.25, 0.3) is 10.9 Å². The topological polar surface area (TPSA) is 47.0 Å². The molecular weight excluding hydrogens is 302 g/mol. The van der Waals surface area contributed by atoms with E-state index in [1.165, 1.54) is 6.26 Å². The normalized spacial score (nSPS) is 13.8. The summed E-state index contributed by atoms with van der Waals surface area (Å²) in [4.78, 5) is 4.25. The second-order valence-electron chi connectivity index (χ2n) is 4.05. The first-order chi connectivity index (χ1) is 7.89. The summed E-state index contributed by atoms with van der Waals surface area (Å²) in [5.74, 6) is 0. The molecule has 90 valence electrons. The van der Waals surface area contributed by atoms with E-state index in [0.29, 0.717) is 0 Å². The number of hydrogen-bond acceptors (Lipinski definition) is 3. The highest BCUT2D eigenvalue weighted by atomic mass is 79.9. The lowest BCUT2D eigenvalue weighted by Gasteiger charge is -2.11. The van der Waals surface area contributed by atoms with Crippen molar-refractivity contribution in [1.29, 1.82) is 0 Å². The SMILES string of the molecule is C[C@H](c1cc(Br)c2ncccc2c1)S(C)(=O)=O. The maximum absolute atomic E-state index is 11.5. The van der Waals surface area contributed by atoms with Gasteiger partial charge in [-0.2, -0.15) is 0 Å². The van der Waals surface area contributed by atoms with Crippen molar-refractivity contribution in [3.05, 3.63) is 40.5 Å². The lowest BCUT2D eigenvalue weighted by Crippen LogP contribution is -2.07. The van der Waals surface area contributed by atoms with Crippen LogP contribution in [0, 0.1) is 0 Å². The predicted octanol–water partition coefficient (Wildman–Crippen LogP) is 3.10. The first-order valence-corrected chi connectivity index (χ1v) is 7.87. The molecule has 0 N–H and O–H groups in total. The molecule has 0 aliphatic rings. The molecular formula is C12H12BrNO2S. The van der Waals surface area contributed by atoms with Crippen LogP contribution in [0.5, 0.6) is 0 Å². The molecule has 0 unspecified atom stereocenters. The van der Waals surface area contributed by atoms with Crippen molar-refractivity contribution < 1.29 is 8.42 Å². The summed E-state index contributed by atoms with van der Waals surface area (Å²) >= 11 is 3.43. The van der Waals surface area contributed by atoms with Gasteiger partial charge in [-0.05, 0) is 46.6 Å². The molecule has 0 bridgehead atoms. The van der Waals surface area contributed by atoms with Gasteiger partial charge in [-0.15, -0.1) is 0 Å². The zero-order valence-electron chi connectivity index (χ0n) is 9.51. The summed E-state index contributed by atoms with van der Waals surface area (Å²) < 4.78 is 23.9. The van der Waals surface area contributed by atoms with Gasteiger partial charge in [-0.1, -0.05) is 6.07 Å². The molecule has 2 aromatic rings. The number of benzene rings is 1. The largest absolute Gasteiger partial charge is 0.255 e. The smallest absolute Gasteiger partial charge is 0.154 e. The quantitative estimate of drug-likeness (QED) is 0.856. The first kappa shape index (κ1) is 12.5. The number of nitrogens with zero attached hydrogens (tertiary/aromatic N) is 1. The van der Waals surface area contributed by atoms with E-state index >= 15 is 0 Å². The van der Waals surface area contributed by atoms with Crippen LogP contribution in [0.3, 0.4) is 0 Å². The molecule has 17 heavy (non-hydrogen) atoms. The Hall–Kier alpha value is -0.940. The van der Waals surface area contributed by atoms with Gasteiger partial charge in [0.1, 0.15) is 0 Å². The highest BCUT2D eigenvalue weighted by Crippen LogP contribution is 2.29. The zero-order chi connectivity index (χ0) is 12.6. The Balaban J connectivity index is 2.66. The van der Waals surface area contributed by atoms with Crippen molar-refractivity contribution in [2.24, 2.45) is 0 Å². The average molecular weight is 314 g/mol. The maximum Gasteiger partial charge on any atom is 0.154 e. The molecule has 5 heteroatoms. The number of halogens is 1. The second-order valence-corrected chi connectivity index (χ2v) is 7.27. The van der Waals surface area contributed by atoms with Gasteiger partial charge in [0.25, 0.3) is 0 Å². The van der Waals surface area contributed by atoms with Crippen LogP contribution in [-0.4, -0.2) is 19.7 Å². The van der Waals surface area contributed by atoms with E-state index < -0.39 is 15.1 Å². The zero-order valence-corrected chi connectivity index (χ0v) is 11.9. The van der Waals surface area contributed by atoms with Crippen LogP contribution in [0.1, 0.15) is 17.7 Å². The Bertz CT molecular complexity index is 667. The third-order valence-corrected chi connectivity index (χ3v) is 4.95. The van der Waals surface area contributed by atoms with Crippen LogP contribution in [0.15, 0.2) is 34.9 Å². The summed E-state index contributed by atoms with van der Waals surface area (Å²) in [7, 11) is -3.08. The molecule has 0 aliphatic heterocycles. The van der Waals surface area contributed by atoms with Crippen LogP contribution in [0.2, 0.25) is 0 Å². The minimum absolute atomic E-state index is 0.511. The summed E-state index contributed by atoms with van der Waals surface area (Å²) in [5, 5.41) is 0.427. The predicted molar refractivity (Wildman–Crippen MR) is 72.7 cm³/mol. The fourth-order valence-electron chi connectivity index (χ4n) is 1.65. The molecule has 0 spiro atoms. The van der Waals surface area contributed by atoms with Crippen molar-refractivity contribution in [2.75, 3.05) is 6.26 Å². The summed E-state index contributed by atoms with van der Waals surface area (Å²) in [6.45, 7) is 1.69. The van der Waals surface area contributed by atoms with Crippen molar-refractivity contribution >= 4 is 36.7 Å². The Kier molecular flexibility index (Phi) is 3.23. The molecule has 1 heterocycles. The minimum Gasteiger partial charge on any atom is -0.255 e. The van der Waals surface area contributed by atoms with E-state index in [0.717, 1.165) is 20.9 Å². The van der Waals surface area contributed by atoms with E-state index in [1.807, 2.05) is 24.3 Å². The molecule has 2 rings (SSSR count). The Morgan fingerprint density at radius 3 is 2.71 bits per heavy atom. The van der Waals surface area contributed by atoms with Gasteiger partial charge in [-0.25, -0.2) is 8.42 Å². The molecule has 0 amide bonds. The summed E-state index contributed by atoms with van der Waals surface area (Å²) in [6, 6.07) is 7.45. The van der Waals surface area contributed by atoms with Crippen molar-refractivity contribution in [2.45, 2.75) is 12.2 Å². The highest BCUT2D eigenvalue weighted by Gasteiger charge is 2.18. The van der Waals surface area contributed by atoms with Crippen LogP contribution in [-0.2, 0) is 9.84 Å². The molecule has 0 fully saturated rings. The number of rotatable bonds is 2. The van der Waals surface area contributed by atoms with Gasteiger partial charge in [-0.3, -0.25) is 4.98 Å². The van der Waals surface area contributed by atoms with Crippen LogP contribution < -0.4 is 0 Å². The lowest BCUT2D eigenvalue weighted by molar-refractivity contribution is 0.592.